The summed E-state index contributed by atoms with van der Waals surface area (Å²) in [4.78, 5) is 22.1. The lowest BCUT2D eigenvalue weighted by atomic mass is 10.1. The van der Waals surface area contributed by atoms with Crippen LogP contribution in [0.5, 0.6) is 0 Å². The van der Waals surface area contributed by atoms with E-state index in [0.29, 0.717) is 12.1 Å². The Hall–Kier alpha value is -2.00. The summed E-state index contributed by atoms with van der Waals surface area (Å²) in [6.45, 7) is 7.88. The number of hydrogen-bond donors (Lipinski definition) is 5. The van der Waals surface area contributed by atoms with E-state index in [1.54, 1.807) is 0 Å². The van der Waals surface area contributed by atoms with Gasteiger partial charge in [0, 0.05) is 31.7 Å². The fourth-order valence-electron chi connectivity index (χ4n) is 2.41. The van der Waals surface area contributed by atoms with E-state index in [2.05, 4.69) is 54.4 Å². The molecule has 0 amide bonds. The van der Waals surface area contributed by atoms with Crippen LogP contribution in [0.25, 0.3) is 0 Å². The van der Waals surface area contributed by atoms with Gasteiger partial charge in [-0.2, -0.15) is 0 Å². The van der Waals surface area contributed by atoms with Crippen molar-refractivity contribution in [2.45, 2.75) is 44.7 Å². The van der Waals surface area contributed by atoms with Crippen molar-refractivity contribution in [3.63, 3.8) is 0 Å². The van der Waals surface area contributed by atoms with Gasteiger partial charge in [0.1, 0.15) is 0 Å². The molecule has 4 atom stereocenters. The topological polar surface area (TPSA) is 130 Å². The molecular formula is C17H26N2O6. The van der Waals surface area contributed by atoms with Crippen molar-refractivity contribution in [3.05, 3.63) is 35.9 Å². The van der Waals surface area contributed by atoms with Gasteiger partial charge >= 0.3 is 11.9 Å². The van der Waals surface area contributed by atoms with E-state index in [1.807, 2.05) is 0 Å². The highest BCUT2D eigenvalue weighted by Crippen LogP contribution is 2.11. The van der Waals surface area contributed by atoms with Gasteiger partial charge in [-0.3, -0.25) is 4.90 Å². The molecule has 1 saturated heterocycles. The molecule has 1 aliphatic rings. The van der Waals surface area contributed by atoms with Crippen LogP contribution in [-0.4, -0.2) is 74.6 Å². The van der Waals surface area contributed by atoms with Crippen molar-refractivity contribution in [3.8, 4) is 0 Å². The van der Waals surface area contributed by atoms with Gasteiger partial charge in [0.05, 0.1) is 0 Å². The van der Waals surface area contributed by atoms with Gasteiger partial charge in [-0.1, -0.05) is 30.3 Å². The molecule has 8 nitrogen and oxygen atoms in total. The van der Waals surface area contributed by atoms with Crippen LogP contribution in [0, 0.1) is 0 Å². The van der Waals surface area contributed by atoms with Gasteiger partial charge in [0.25, 0.3) is 0 Å². The van der Waals surface area contributed by atoms with Gasteiger partial charge in [0.15, 0.2) is 12.2 Å². The van der Waals surface area contributed by atoms with Crippen LogP contribution in [0.4, 0.5) is 0 Å². The molecule has 140 valence electrons. The zero-order valence-electron chi connectivity index (χ0n) is 14.4. The zero-order chi connectivity index (χ0) is 19.0. The Morgan fingerprint density at radius 3 is 2.12 bits per heavy atom. The molecule has 1 fully saturated rings. The third-order valence-corrected chi connectivity index (χ3v) is 3.93. The van der Waals surface area contributed by atoms with E-state index in [1.165, 1.54) is 5.56 Å². The predicted molar refractivity (Wildman–Crippen MR) is 91.1 cm³/mol. The molecule has 1 heterocycles. The quantitative estimate of drug-likeness (QED) is 0.489. The normalized spacial score (nSPS) is 23.0. The first-order chi connectivity index (χ1) is 11.7. The first-order valence-corrected chi connectivity index (χ1v) is 8.05. The number of nitrogens with one attached hydrogen (secondary N) is 1. The van der Waals surface area contributed by atoms with Crippen molar-refractivity contribution in [1.29, 1.82) is 0 Å². The van der Waals surface area contributed by atoms with Gasteiger partial charge < -0.3 is 25.7 Å². The summed E-state index contributed by atoms with van der Waals surface area (Å²) in [6.07, 6.45) is -4.53. The maximum atomic E-state index is 9.77. The number of aliphatic hydroxyl groups is 2. The molecule has 8 heteroatoms. The number of nitrogens with zero attached hydrogens (tertiary/aromatic N) is 1. The molecular weight excluding hydrogens is 328 g/mol. The molecule has 0 saturated carbocycles. The van der Waals surface area contributed by atoms with Crippen LogP contribution in [0.1, 0.15) is 19.4 Å². The molecule has 0 spiro atoms. The van der Waals surface area contributed by atoms with Crippen molar-refractivity contribution in [1.82, 2.24) is 10.2 Å². The number of aliphatic carboxylic acids is 2. The van der Waals surface area contributed by atoms with E-state index in [-0.39, 0.29) is 0 Å². The van der Waals surface area contributed by atoms with E-state index in [0.717, 1.165) is 19.6 Å². The summed E-state index contributed by atoms with van der Waals surface area (Å²) in [7, 11) is 0. The lowest BCUT2D eigenvalue weighted by Crippen LogP contribution is -2.53. The summed E-state index contributed by atoms with van der Waals surface area (Å²) in [5.74, 6) is -3.54. The molecule has 0 aromatic heterocycles. The molecule has 0 bridgehead atoms. The van der Waals surface area contributed by atoms with Crippen molar-refractivity contribution < 1.29 is 30.0 Å². The SMILES string of the molecule is C[C@@H]1CN(Cc2ccccc2)[C@@H](C)CN1.O=C(O)[C@@H](O)[C@H](O)C(=O)O. The molecule has 5 N–H and O–H groups in total. The molecule has 0 unspecified atom stereocenters. The number of carboxylic acid groups (broad SMARTS) is 2. The minimum absolute atomic E-state index is 0.616. The third kappa shape index (κ3) is 7.18. The number of carboxylic acids is 2. The van der Waals surface area contributed by atoms with Crippen LogP contribution >= 0.6 is 0 Å². The Bertz CT molecular complexity index is 535. The molecule has 25 heavy (non-hydrogen) atoms. The maximum absolute atomic E-state index is 9.77. The van der Waals surface area contributed by atoms with E-state index in [9.17, 15) is 9.59 Å². The fourth-order valence-corrected chi connectivity index (χ4v) is 2.41. The van der Waals surface area contributed by atoms with Gasteiger partial charge in [-0.05, 0) is 19.4 Å². The second kappa shape index (κ2) is 10.1. The Morgan fingerprint density at radius 1 is 1.12 bits per heavy atom. The zero-order valence-corrected chi connectivity index (χ0v) is 14.4. The Balaban J connectivity index is 0.000000275. The number of piperazine rings is 1. The Kier molecular flexibility index (Phi) is 8.50. The molecule has 1 aromatic rings. The number of carbonyl (C=O) groups is 2. The lowest BCUT2D eigenvalue weighted by molar-refractivity contribution is -0.165. The summed E-state index contributed by atoms with van der Waals surface area (Å²) >= 11 is 0. The molecule has 1 aliphatic heterocycles. The second-order valence-electron chi connectivity index (χ2n) is 6.14. The Labute approximate surface area is 146 Å². The summed E-state index contributed by atoms with van der Waals surface area (Å²) in [5.41, 5.74) is 1.42. The molecule has 1 aromatic carbocycles. The van der Waals surface area contributed by atoms with E-state index >= 15 is 0 Å². The predicted octanol–water partition coefficient (Wildman–Crippen LogP) is -0.254. The van der Waals surface area contributed by atoms with Crippen LogP contribution in [-0.2, 0) is 16.1 Å². The summed E-state index contributed by atoms with van der Waals surface area (Å²) in [5, 5.41) is 36.0. The monoisotopic (exact) mass is 354 g/mol. The van der Waals surface area contributed by atoms with Gasteiger partial charge in [0.2, 0.25) is 0 Å². The van der Waals surface area contributed by atoms with Crippen LogP contribution < -0.4 is 5.32 Å². The molecule has 0 radical (unpaired) electrons. The third-order valence-electron chi connectivity index (χ3n) is 3.93. The van der Waals surface area contributed by atoms with Gasteiger partial charge in [-0.15, -0.1) is 0 Å². The highest BCUT2D eigenvalue weighted by molar-refractivity contribution is 5.83. The van der Waals surface area contributed by atoms with E-state index < -0.39 is 24.1 Å². The molecule has 0 aliphatic carbocycles. The fraction of sp³-hybridized carbons (Fsp3) is 0.529. The minimum atomic E-state index is -2.27. The average Bonchev–Trinajstić information content (AvgIpc) is 2.58. The number of benzene rings is 1. The highest BCUT2D eigenvalue weighted by atomic mass is 16.4. The largest absolute Gasteiger partial charge is 0.479 e. The van der Waals surface area contributed by atoms with E-state index in [4.69, 9.17) is 20.4 Å². The minimum Gasteiger partial charge on any atom is -0.479 e. The van der Waals surface area contributed by atoms with Gasteiger partial charge in [-0.25, -0.2) is 9.59 Å². The average molecular weight is 354 g/mol. The standard InChI is InChI=1S/C13H20N2.C4H6O6/c1-11-9-15(12(2)8-14-11)10-13-6-4-3-5-7-13;5-1(3(7)8)2(6)4(9)10/h3-7,11-12,14H,8-10H2,1-2H3;1-2,5-6H,(H,7,8)(H,9,10)/t11-,12+;1-,2-/m10/s1. The van der Waals surface area contributed by atoms with Crippen LogP contribution in [0.15, 0.2) is 30.3 Å². The highest BCUT2D eigenvalue weighted by Gasteiger charge is 2.29. The first kappa shape index (κ1) is 21.0. The Morgan fingerprint density at radius 2 is 1.64 bits per heavy atom. The first-order valence-electron chi connectivity index (χ1n) is 8.05. The second-order valence-corrected chi connectivity index (χ2v) is 6.14. The van der Waals surface area contributed by atoms with Crippen molar-refractivity contribution in [2.24, 2.45) is 0 Å². The van der Waals surface area contributed by atoms with Crippen molar-refractivity contribution >= 4 is 11.9 Å². The number of aliphatic hydroxyl groups excluding tert-OH is 2. The van der Waals surface area contributed by atoms with Crippen molar-refractivity contribution in [2.75, 3.05) is 13.1 Å². The summed E-state index contributed by atoms with van der Waals surface area (Å²) < 4.78 is 0. The van der Waals surface area contributed by atoms with Crippen LogP contribution in [0.3, 0.4) is 0 Å². The summed E-state index contributed by atoms with van der Waals surface area (Å²) in [6, 6.07) is 12.0. The smallest absolute Gasteiger partial charge is 0.335 e. The number of rotatable bonds is 5. The number of hydrogen-bond acceptors (Lipinski definition) is 6. The molecule has 2 rings (SSSR count). The van der Waals surface area contributed by atoms with Crippen LogP contribution in [0.2, 0.25) is 0 Å². The maximum Gasteiger partial charge on any atom is 0.335 e. The lowest BCUT2D eigenvalue weighted by Gasteiger charge is -2.37.